The first kappa shape index (κ1) is 15.5. The SMILES string of the molecule is CCC(C)CC(Cc1cc(OC)ccc1Br)NC. The highest BCUT2D eigenvalue weighted by molar-refractivity contribution is 9.10. The zero-order valence-electron chi connectivity index (χ0n) is 11.8. The van der Waals surface area contributed by atoms with Crippen LogP contribution in [0, 0.1) is 5.92 Å². The average Bonchev–Trinajstić information content (AvgIpc) is 2.39. The molecule has 0 fully saturated rings. The molecule has 102 valence electrons. The molecule has 2 nitrogen and oxygen atoms in total. The highest BCUT2D eigenvalue weighted by Crippen LogP contribution is 2.25. The van der Waals surface area contributed by atoms with Gasteiger partial charge in [0, 0.05) is 10.5 Å². The molecule has 1 rings (SSSR count). The maximum Gasteiger partial charge on any atom is 0.119 e. The number of ether oxygens (including phenoxy) is 1. The van der Waals surface area contributed by atoms with Gasteiger partial charge in [-0.15, -0.1) is 0 Å². The molecule has 2 unspecified atom stereocenters. The molecule has 0 radical (unpaired) electrons. The van der Waals surface area contributed by atoms with E-state index in [4.69, 9.17) is 4.74 Å². The predicted octanol–water partition coefficient (Wildman–Crippen LogP) is 4.02. The molecule has 0 bridgehead atoms. The van der Waals surface area contributed by atoms with Crippen LogP contribution in [0.2, 0.25) is 0 Å². The fourth-order valence-electron chi connectivity index (χ4n) is 2.06. The number of halogens is 1. The minimum atomic E-state index is 0.517. The summed E-state index contributed by atoms with van der Waals surface area (Å²) in [5.74, 6) is 1.68. The summed E-state index contributed by atoms with van der Waals surface area (Å²) in [6.45, 7) is 4.56. The van der Waals surface area contributed by atoms with Crippen molar-refractivity contribution in [1.82, 2.24) is 5.32 Å². The minimum Gasteiger partial charge on any atom is -0.497 e. The van der Waals surface area contributed by atoms with E-state index < -0.39 is 0 Å². The van der Waals surface area contributed by atoms with E-state index in [-0.39, 0.29) is 0 Å². The molecule has 0 saturated heterocycles. The lowest BCUT2D eigenvalue weighted by atomic mass is 9.94. The van der Waals surface area contributed by atoms with Gasteiger partial charge >= 0.3 is 0 Å². The van der Waals surface area contributed by atoms with E-state index in [9.17, 15) is 0 Å². The lowest BCUT2D eigenvalue weighted by Gasteiger charge is -2.20. The Labute approximate surface area is 119 Å². The summed E-state index contributed by atoms with van der Waals surface area (Å²) in [6, 6.07) is 6.68. The summed E-state index contributed by atoms with van der Waals surface area (Å²) in [6.07, 6.45) is 3.47. The second-order valence-corrected chi connectivity index (χ2v) is 5.75. The third kappa shape index (κ3) is 4.62. The van der Waals surface area contributed by atoms with E-state index in [1.54, 1.807) is 7.11 Å². The first-order chi connectivity index (χ1) is 8.60. The summed E-state index contributed by atoms with van der Waals surface area (Å²) >= 11 is 3.62. The zero-order chi connectivity index (χ0) is 13.5. The van der Waals surface area contributed by atoms with Crippen LogP contribution in [-0.4, -0.2) is 20.2 Å². The Hall–Kier alpha value is -0.540. The van der Waals surface area contributed by atoms with Gasteiger partial charge in [-0.05, 0) is 49.6 Å². The van der Waals surface area contributed by atoms with Crippen molar-refractivity contribution in [3.8, 4) is 5.75 Å². The number of hydrogen-bond acceptors (Lipinski definition) is 2. The van der Waals surface area contributed by atoms with Crippen molar-refractivity contribution in [3.05, 3.63) is 28.2 Å². The van der Waals surface area contributed by atoms with Gasteiger partial charge in [-0.3, -0.25) is 0 Å². The van der Waals surface area contributed by atoms with Crippen LogP contribution in [0.25, 0.3) is 0 Å². The van der Waals surface area contributed by atoms with Crippen LogP contribution in [0.15, 0.2) is 22.7 Å². The maximum atomic E-state index is 5.29. The molecular formula is C15H24BrNO. The van der Waals surface area contributed by atoms with Crippen molar-refractivity contribution >= 4 is 15.9 Å². The topological polar surface area (TPSA) is 21.3 Å². The zero-order valence-corrected chi connectivity index (χ0v) is 13.4. The molecule has 0 amide bonds. The highest BCUT2D eigenvalue weighted by atomic mass is 79.9. The Kier molecular flexibility index (Phi) is 6.72. The normalized spacial score (nSPS) is 14.3. The van der Waals surface area contributed by atoms with Crippen LogP contribution in [0.3, 0.4) is 0 Å². The summed E-state index contributed by atoms with van der Waals surface area (Å²) in [5, 5.41) is 3.42. The van der Waals surface area contributed by atoms with E-state index in [0.717, 1.165) is 22.6 Å². The highest BCUT2D eigenvalue weighted by Gasteiger charge is 2.13. The Morgan fingerprint density at radius 3 is 2.67 bits per heavy atom. The summed E-state index contributed by atoms with van der Waals surface area (Å²) in [4.78, 5) is 0. The molecule has 0 saturated carbocycles. The molecule has 0 heterocycles. The van der Waals surface area contributed by atoms with Gasteiger partial charge in [0.25, 0.3) is 0 Å². The number of nitrogens with one attached hydrogen (secondary N) is 1. The van der Waals surface area contributed by atoms with Gasteiger partial charge < -0.3 is 10.1 Å². The van der Waals surface area contributed by atoms with Crippen LogP contribution >= 0.6 is 15.9 Å². The van der Waals surface area contributed by atoms with Crippen LogP contribution < -0.4 is 10.1 Å². The Morgan fingerprint density at radius 1 is 1.39 bits per heavy atom. The van der Waals surface area contributed by atoms with Gasteiger partial charge in [0.2, 0.25) is 0 Å². The van der Waals surface area contributed by atoms with Gasteiger partial charge in [0.15, 0.2) is 0 Å². The van der Waals surface area contributed by atoms with Crippen molar-refractivity contribution in [2.45, 2.75) is 39.2 Å². The van der Waals surface area contributed by atoms with Gasteiger partial charge in [-0.1, -0.05) is 36.2 Å². The van der Waals surface area contributed by atoms with Gasteiger partial charge in [0.1, 0.15) is 5.75 Å². The second-order valence-electron chi connectivity index (χ2n) is 4.90. The lowest BCUT2D eigenvalue weighted by molar-refractivity contribution is 0.404. The van der Waals surface area contributed by atoms with Crippen molar-refractivity contribution in [2.75, 3.05) is 14.2 Å². The smallest absolute Gasteiger partial charge is 0.119 e. The molecule has 1 aromatic rings. The molecule has 0 spiro atoms. The molecule has 1 aromatic carbocycles. The number of benzene rings is 1. The third-order valence-corrected chi connectivity index (χ3v) is 4.28. The summed E-state index contributed by atoms with van der Waals surface area (Å²) in [5.41, 5.74) is 1.30. The molecule has 0 aliphatic carbocycles. The molecule has 0 aromatic heterocycles. The van der Waals surface area contributed by atoms with Gasteiger partial charge in [-0.2, -0.15) is 0 Å². The molecule has 0 aliphatic heterocycles. The molecule has 0 aliphatic rings. The van der Waals surface area contributed by atoms with Crippen LogP contribution in [0.1, 0.15) is 32.3 Å². The number of likely N-dealkylation sites (N-methyl/N-ethyl adjacent to an activating group) is 1. The van der Waals surface area contributed by atoms with Crippen LogP contribution in [0.4, 0.5) is 0 Å². The summed E-state index contributed by atoms with van der Waals surface area (Å²) < 4.78 is 6.45. The van der Waals surface area contributed by atoms with E-state index in [0.29, 0.717) is 6.04 Å². The quantitative estimate of drug-likeness (QED) is 0.820. The molecule has 1 N–H and O–H groups in total. The van der Waals surface area contributed by atoms with E-state index in [1.807, 2.05) is 13.1 Å². The van der Waals surface area contributed by atoms with Crippen LogP contribution in [-0.2, 0) is 6.42 Å². The van der Waals surface area contributed by atoms with Crippen molar-refractivity contribution in [3.63, 3.8) is 0 Å². The first-order valence-corrected chi connectivity index (χ1v) is 7.39. The molecular weight excluding hydrogens is 290 g/mol. The fraction of sp³-hybridized carbons (Fsp3) is 0.600. The minimum absolute atomic E-state index is 0.517. The van der Waals surface area contributed by atoms with E-state index in [1.165, 1.54) is 18.4 Å². The largest absolute Gasteiger partial charge is 0.497 e. The lowest BCUT2D eigenvalue weighted by Crippen LogP contribution is -2.29. The van der Waals surface area contributed by atoms with Crippen molar-refractivity contribution in [2.24, 2.45) is 5.92 Å². The summed E-state index contributed by atoms with van der Waals surface area (Å²) in [7, 11) is 3.75. The number of rotatable bonds is 7. The van der Waals surface area contributed by atoms with E-state index in [2.05, 4.69) is 47.2 Å². The third-order valence-electron chi connectivity index (χ3n) is 3.51. The standard InChI is InChI=1S/C15H24BrNO/c1-5-11(2)8-13(17-3)9-12-10-14(18-4)6-7-15(12)16/h6-7,10-11,13,17H,5,8-9H2,1-4H3. The van der Waals surface area contributed by atoms with E-state index >= 15 is 0 Å². The van der Waals surface area contributed by atoms with Gasteiger partial charge in [0.05, 0.1) is 7.11 Å². The Balaban J connectivity index is 2.74. The maximum absolute atomic E-state index is 5.29. The first-order valence-electron chi connectivity index (χ1n) is 6.60. The average molecular weight is 314 g/mol. The van der Waals surface area contributed by atoms with Crippen molar-refractivity contribution < 1.29 is 4.74 Å². The number of methoxy groups -OCH3 is 1. The monoisotopic (exact) mass is 313 g/mol. The Morgan fingerprint density at radius 2 is 2.11 bits per heavy atom. The fourth-order valence-corrected chi connectivity index (χ4v) is 2.46. The molecule has 18 heavy (non-hydrogen) atoms. The predicted molar refractivity (Wildman–Crippen MR) is 81.3 cm³/mol. The molecule has 3 heteroatoms. The van der Waals surface area contributed by atoms with Crippen molar-refractivity contribution in [1.29, 1.82) is 0 Å². The van der Waals surface area contributed by atoms with Crippen LogP contribution in [0.5, 0.6) is 5.75 Å². The Bertz CT molecular complexity index is 368. The van der Waals surface area contributed by atoms with Gasteiger partial charge in [-0.25, -0.2) is 0 Å². The second kappa shape index (κ2) is 7.80. The molecule has 2 atom stereocenters. The number of hydrogen-bond donors (Lipinski definition) is 1.